The molecule has 0 radical (unpaired) electrons. The first-order chi connectivity index (χ1) is 11.6. The lowest BCUT2D eigenvalue weighted by molar-refractivity contribution is 0.456. The lowest BCUT2D eigenvalue weighted by atomic mass is 10.1. The van der Waals surface area contributed by atoms with Crippen molar-refractivity contribution in [2.75, 3.05) is 5.32 Å². The molecular weight excluding hydrogens is 326 g/mol. The van der Waals surface area contributed by atoms with Gasteiger partial charge in [0.25, 0.3) is 5.56 Å². The number of aromatic nitrogens is 2. The van der Waals surface area contributed by atoms with Gasteiger partial charge in [0.05, 0.1) is 6.20 Å². The van der Waals surface area contributed by atoms with Crippen LogP contribution >= 0.6 is 11.6 Å². The topological polar surface area (TPSA) is 70.9 Å². The molecule has 0 unspecified atom stereocenters. The fourth-order valence-electron chi connectivity index (χ4n) is 2.80. The summed E-state index contributed by atoms with van der Waals surface area (Å²) in [5, 5.41) is 9.60. The number of nitrogens with zero attached hydrogens (tertiary/aromatic N) is 1. The average molecular weight is 340 g/mol. The second kappa shape index (κ2) is 5.69. The summed E-state index contributed by atoms with van der Waals surface area (Å²) in [6.07, 6.45) is 1.70. The molecule has 2 heterocycles. The number of rotatable bonds is 3. The molecule has 0 bridgehead atoms. The van der Waals surface area contributed by atoms with Crippen molar-refractivity contribution >= 4 is 39.2 Å². The predicted molar refractivity (Wildman–Crippen MR) is 95.7 cm³/mol. The van der Waals surface area contributed by atoms with Gasteiger partial charge in [0.15, 0.2) is 5.58 Å². The normalized spacial score (nSPS) is 11.2. The summed E-state index contributed by atoms with van der Waals surface area (Å²) in [7, 11) is 0. The maximum Gasteiger partial charge on any atom is 0.253 e. The summed E-state index contributed by atoms with van der Waals surface area (Å²) in [6, 6.07) is 11.1. The molecule has 0 aliphatic rings. The number of aryl methyl sites for hydroxylation is 1. The van der Waals surface area contributed by atoms with Gasteiger partial charge >= 0.3 is 0 Å². The van der Waals surface area contributed by atoms with Crippen molar-refractivity contribution in [2.24, 2.45) is 0 Å². The third-order valence-corrected chi connectivity index (χ3v) is 4.28. The average Bonchev–Trinajstić information content (AvgIpc) is 3.02. The summed E-state index contributed by atoms with van der Waals surface area (Å²) in [5.41, 5.74) is 3.96. The molecule has 4 aromatic rings. The lowest BCUT2D eigenvalue weighted by Gasteiger charge is -2.08. The van der Waals surface area contributed by atoms with Gasteiger partial charge in [-0.1, -0.05) is 16.8 Å². The van der Waals surface area contributed by atoms with Crippen LogP contribution in [0.4, 0.5) is 5.69 Å². The SMILES string of the molecule is Cc1cc(NCc2cc3cc(Cl)ccc3[nH]c2=O)cc2oncc12. The van der Waals surface area contributed by atoms with Crippen molar-refractivity contribution in [3.05, 3.63) is 69.1 Å². The van der Waals surface area contributed by atoms with E-state index in [0.717, 1.165) is 33.1 Å². The minimum atomic E-state index is -0.116. The number of anilines is 1. The van der Waals surface area contributed by atoms with Crippen molar-refractivity contribution in [3.63, 3.8) is 0 Å². The molecule has 0 amide bonds. The Bertz CT molecular complexity index is 1110. The van der Waals surface area contributed by atoms with Crippen LogP contribution in [0.1, 0.15) is 11.1 Å². The lowest BCUT2D eigenvalue weighted by Crippen LogP contribution is -2.15. The Morgan fingerprint density at radius 3 is 3.00 bits per heavy atom. The second-order valence-corrected chi connectivity index (χ2v) is 6.18. The molecule has 0 aliphatic carbocycles. The quantitative estimate of drug-likeness (QED) is 0.585. The van der Waals surface area contributed by atoms with Crippen molar-refractivity contribution in [3.8, 4) is 0 Å². The van der Waals surface area contributed by atoms with E-state index in [-0.39, 0.29) is 5.56 Å². The monoisotopic (exact) mass is 339 g/mol. The number of hydrogen-bond donors (Lipinski definition) is 2. The zero-order chi connectivity index (χ0) is 16.7. The molecule has 0 saturated heterocycles. The van der Waals surface area contributed by atoms with E-state index in [9.17, 15) is 4.79 Å². The molecule has 24 heavy (non-hydrogen) atoms. The van der Waals surface area contributed by atoms with Gasteiger partial charge in [-0.25, -0.2) is 0 Å². The highest BCUT2D eigenvalue weighted by molar-refractivity contribution is 6.31. The van der Waals surface area contributed by atoms with Gasteiger partial charge < -0.3 is 14.8 Å². The molecule has 120 valence electrons. The molecule has 2 aromatic heterocycles. The van der Waals surface area contributed by atoms with E-state index in [1.54, 1.807) is 18.3 Å². The van der Waals surface area contributed by atoms with E-state index in [1.165, 1.54) is 0 Å². The minimum Gasteiger partial charge on any atom is -0.381 e. The van der Waals surface area contributed by atoms with E-state index in [2.05, 4.69) is 15.5 Å². The van der Waals surface area contributed by atoms with Crippen LogP contribution in [0.15, 0.2) is 51.9 Å². The van der Waals surface area contributed by atoms with Crippen LogP contribution in [0.2, 0.25) is 5.02 Å². The van der Waals surface area contributed by atoms with Crippen LogP contribution in [-0.4, -0.2) is 10.1 Å². The molecule has 0 spiro atoms. The Morgan fingerprint density at radius 2 is 2.12 bits per heavy atom. The number of nitrogens with one attached hydrogen (secondary N) is 2. The van der Waals surface area contributed by atoms with Gasteiger partial charge in [0, 0.05) is 45.2 Å². The molecular formula is C18H14ClN3O2. The zero-order valence-corrected chi connectivity index (χ0v) is 13.6. The summed E-state index contributed by atoms with van der Waals surface area (Å²) >= 11 is 6.02. The van der Waals surface area contributed by atoms with Crippen LogP contribution in [0.5, 0.6) is 0 Å². The van der Waals surface area contributed by atoms with Crippen LogP contribution in [0.25, 0.3) is 21.9 Å². The minimum absolute atomic E-state index is 0.116. The van der Waals surface area contributed by atoms with Crippen molar-refractivity contribution in [2.45, 2.75) is 13.5 Å². The first-order valence-corrected chi connectivity index (χ1v) is 7.88. The Balaban J connectivity index is 1.65. The summed E-state index contributed by atoms with van der Waals surface area (Å²) in [6.45, 7) is 2.40. The number of H-pyrrole nitrogens is 1. The van der Waals surface area contributed by atoms with Crippen LogP contribution in [0, 0.1) is 6.92 Å². The zero-order valence-electron chi connectivity index (χ0n) is 12.9. The summed E-state index contributed by atoms with van der Waals surface area (Å²) in [5.74, 6) is 0. The molecule has 0 aliphatic heterocycles. The third kappa shape index (κ3) is 2.63. The highest BCUT2D eigenvalue weighted by Gasteiger charge is 2.07. The highest BCUT2D eigenvalue weighted by Crippen LogP contribution is 2.23. The number of fused-ring (bicyclic) bond motifs is 2. The van der Waals surface area contributed by atoms with E-state index >= 15 is 0 Å². The maximum atomic E-state index is 12.2. The van der Waals surface area contributed by atoms with Gasteiger partial charge in [-0.3, -0.25) is 4.79 Å². The van der Waals surface area contributed by atoms with E-state index in [1.807, 2.05) is 31.2 Å². The van der Waals surface area contributed by atoms with Gasteiger partial charge in [-0.05, 0) is 42.8 Å². The van der Waals surface area contributed by atoms with Crippen LogP contribution in [0.3, 0.4) is 0 Å². The van der Waals surface area contributed by atoms with Crippen molar-refractivity contribution in [1.29, 1.82) is 0 Å². The highest BCUT2D eigenvalue weighted by atomic mass is 35.5. The Hall–Kier alpha value is -2.79. The van der Waals surface area contributed by atoms with Crippen molar-refractivity contribution in [1.82, 2.24) is 10.1 Å². The molecule has 4 rings (SSSR count). The first kappa shape index (κ1) is 14.8. The molecule has 2 N–H and O–H groups in total. The van der Waals surface area contributed by atoms with E-state index in [0.29, 0.717) is 17.1 Å². The molecule has 0 atom stereocenters. The van der Waals surface area contributed by atoms with Gasteiger partial charge in [0.2, 0.25) is 0 Å². The third-order valence-electron chi connectivity index (χ3n) is 4.05. The number of aromatic amines is 1. The largest absolute Gasteiger partial charge is 0.381 e. The number of hydrogen-bond acceptors (Lipinski definition) is 4. The number of halogens is 1. The first-order valence-electron chi connectivity index (χ1n) is 7.50. The second-order valence-electron chi connectivity index (χ2n) is 5.74. The maximum absolute atomic E-state index is 12.2. The van der Waals surface area contributed by atoms with Gasteiger partial charge in [-0.2, -0.15) is 0 Å². The molecule has 2 aromatic carbocycles. The smallest absolute Gasteiger partial charge is 0.253 e. The Kier molecular flexibility index (Phi) is 3.50. The predicted octanol–water partition coefficient (Wildman–Crippen LogP) is 4.24. The Labute approximate surface area is 142 Å². The van der Waals surface area contributed by atoms with Crippen LogP contribution < -0.4 is 10.9 Å². The van der Waals surface area contributed by atoms with Crippen molar-refractivity contribution < 1.29 is 4.52 Å². The van der Waals surface area contributed by atoms with Gasteiger partial charge in [-0.15, -0.1) is 0 Å². The fourth-order valence-corrected chi connectivity index (χ4v) is 2.98. The number of pyridine rings is 1. The summed E-state index contributed by atoms with van der Waals surface area (Å²) in [4.78, 5) is 15.1. The Morgan fingerprint density at radius 1 is 1.25 bits per heavy atom. The molecule has 5 nitrogen and oxygen atoms in total. The van der Waals surface area contributed by atoms with Crippen LogP contribution in [-0.2, 0) is 6.54 Å². The standard InChI is InChI=1S/C18H14ClN3O2/c1-10-4-14(7-17-15(10)9-21-24-17)20-8-12-5-11-6-13(19)2-3-16(11)22-18(12)23/h2-7,9,20H,8H2,1H3,(H,22,23). The number of benzene rings is 2. The molecule has 0 fully saturated rings. The van der Waals surface area contributed by atoms with Gasteiger partial charge in [0.1, 0.15) is 0 Å². The molecule has 0 saturated carbocycles. The van der Waals surface area contributed by atoms with E-state index in [4.69, 9.17) is 16.1 Å². The fraction of sp³-hybridized carbons (Fsp3) is 0.111. The summed E-state index contributed by atoms with van der Waals surface area (Å²) < 4.78 is 5.21. The molecule has 6 heteroatoms. The van der Waals surface area contributed by atoms with E-state index < -0.39 is 0 Å².